The molecule has 1 rings (SSSR count). The lowest BCUT2D eigenvalue weighted by molar-refractivity contribution is 0.578. The van der Waals surface area contributed by atoms with Gasteiger partial charge in [0.05, 0.1) is 5.75 Å². The van der Waals surface area contributed by atoms with Crippen molar-refractivity contribution in [3.8, 4) is 0 Å². The molecule has 0 spiro atoms. The molecule has 0 radical (unpaired) electrons. The van der Waals surface area contributed by atoms with Crippen LogP contribution in [0.5, 0.6) is 0 Å². The zero-order chi connectivity index (χ0) is 11.1. The van der Waals surface area contributed by atoms with Crippen LogP contribution in [0.1, 0.15) is 11.8 Å². The maximum absolute atomic E-state index is 11.5. The quantitative estimate of drug-likeness (QED) is 0.701. The third-order valence-corrected chi connectivity index (χ3v) is 4.05. The Morgan fingerprint density at radius 2 is 2.27 bits per heavy atom. The lowest BCUT2D eigenvalue weighted by Crippen LogP contribution is -2.31. The second kappa shape index (κ2) is 6.22. The van der Waals surface area contributed by atoms with Crippen molar-refractivity contribution in [3.63, 3.8) is 0 Å². The fourth-order valence-corrected chi connectivity index (χ4v) is 2.72. The zero-order valence-corrected chi connectivity index (χ0v) is 10.3. The molecule has 86 valence electrons. The third kappa shape index (κ3) is 5.27. The first-order chi connectivity index (χ1) is 7.14. The van der Waals surface area contributed by atoms with Crippen molar-refractivity contribution in [3.05, 3.63) is 22.4 Å². The van der Waals surface area contributed by atoms with Crippen LogP contribution in [0.15, 0.2) is 17.5 Å². The van der Waals surface area contributed by atoms with Crippen molar-refractivity contribution in [2.24, 2.45) is 0 Å². The molecule has 6 heteroatoms. The van der Waals surface area contributed by atoms with E-state index in [2.05, 4.69) is 10.0 Å². The number of hydrogen-bond donors (Lipinski definition) is 2. The topological polar surface area (TPSA) is 58.2 Å². The summed E-state index contributed by atoms with van der Waals surface area (Å²) in [6, 6.07) is 3.82. The Bertz CT molecular complexity index is 359. The van der Waals surface area contributed by atoms with E-state index in [0.29, 0.717) is 13.1 Å². The van der Waals surface area contributed by atoms with Crippen LogP contribution in [0.25, 0.3) is 0 Å². The van der Waals surface area contributed by atoms with Crippen LogP contribution in [0, 0.1) is 0 Å². The summed E-state index contributed by atoms with van der Waals surface area (Å²) in [4.78, 5) is 1.03. The van der Waals surface area contributed by atoms with Crippen molar-refractivity contribution < 1.29 is 8.42 Å². The second-order valence-electron chi connectivity index (χ2n) is 3.07. The van der Waals surface area contributed by atoms with Gasteiger partial charge < -0.3 is 5.32 Å². The molecule has 0 amide bonds. The lowest BCUT2D eigenvalue weighted by Gasteiger charge is -2.05. The predicted molar refractivity (Wildman–Crippen MR) is 63.5 cm³/mol. The van der Waals surface area contributed by atoms with Crippen LogP contribution in [-0.4, -0.2) is 27.3 Å². The van der Waals surface area contributed by atoms with Gasteiger partial charge >= 0.3 is 0 Å². The number of sulfonamides is 1. The first-order valence-electron chi connectivity index (χ1n) is 4.84. The molecule has 0 bridgehead atoms. The molecule has 0 aliphatic carbocycles. The van der Waals surface area contributed by atoms with Crippen LogP contribution in [-0.2, 0) is 16.6 Å². The molecule has 0 saturated carbocycles. The van der Waals surface area contributed by atoms with Gasteiger partial charge in [-0.05, 0) is 18.0 Å². The maximum atomic E-state index is 11.5. The average molecular weight is 248 g/mol. The highest BCUT2D eigenvalue weighted by atomic mass is 32.2. The number of hydrogen-bond acceptors (Lipinski definition) is 4. The Hall–Kier alpha value is -0.430. The highest BCUT2D eigenvalue weighted by Gasteiger charge is 2.08. The van der Waals surface area contributed by atoms with Gasteiger partial charge in [0.2, 0.25) is 10.0 Å². The third-order valence-electron chi connectivity index (χ3n) is 1.84. The highest BCUT2D eigenvalue weighted by molar-refractivity contribution is 7.89. The summed E-state index contributed by atoms with van der Waals surface area (Å²) in [5, 5.41) is 4.91. The van der Waals surface area contributed by atoms with Gasteiger partial charge in [-0.15, -0.1) is 11.3 Å². The van der Waals surface area contributed by atoms with E-state index in [1.807, 2.05) is 24.4 Å². The van der Waals surface area contributed by atoms with E-state index < -0.39 is 10.0 Å². The number of thiophene rings is 1. The summed E-state index contributed by atoms with van der Waals surface area (Å²) in [5.41, 5.74) is 0. The minimum atomic E-state index is -3.14. The van der Waals surface area contributed by atoms with Gasteiger partial charge in [-0.2, -0.15) is 0 Å². The molecule has 0 fully saturated rings. The van der Waals surface area contributed by atoms with E-state index in [-0.39, 0.29) is 5.75 Å². The zero-order valence-electron chi connectivity index (χ0n) is 8.69. The summed E-state index contributed by atoms with van der Waals surface area (Å²) in [6.45, 7) is 3.63. The average Bonchev–Trinajstić information content (AvgIpc) is 2.68. The summed E-state index contributed by atoms with van der Waals surface area (Å²) in [6.07, 6.45) is 0. The van der Waals surface area contributed by atoms with Gasteiger partial charge in [-0.3, -0.25) is 0 Å². The molecule has 1 aromatic heterocycles. The molecule has 1 aromatic rings. The van der Waals surface area contributed by atoms with Crippen LogP contribution in [0.3, 0.4) is 0 Å². The van der Waals surface area contributed by atoms with E-state index in [1.165, 1.54) is 0 Å². The monoisotopic (exact) mass is 248 g/mol. The SMILES string of the molecule is CCNCCS(=O)(=O)NCc1cccs1. The largest absolute Gasteiger partial charge is 0.316 e. The Kier molecular flexibility index (Phi) is 5.24. The summed E-state index contributed by atoms with van der Waals surface area (Å²) >= 11 is 1.55. The maximum Gasteiger partial charge on any atom is 0.213 e. The van der Waals surface area contributed by atoms with Crippen molar-refractivity contribution in [2.75, 3.05) is 18.8 Å². The molecule has 2 N–H and O–H groups in total. The molecular weight excluding hydrogens is 232 g/mol. The number of rotatable bonds is 7. The van der Waals surface area contributed by atoms with Crippen LogP contribution >= 0.6 is 11.3 Å². The Morgan fingerprint density at radius 3 is 2.87 bits per heavy atom. The predicted octanol–water partition coefficient (Wildman–Crippen LogP) is 0.777. The molecule has 0 aliphatic rings. The molecule has 0 saturated heterocycles. The smallest absolute Gasteiger partial charge is 0.213 e. The molecule has 0 atom stereocenters. The fourth-order valence-electron chi connectivity index (χ4n) is 1.05. The van der Waals surface area contributed by atoms with Crippen LogP contribution in [0.4, 0.5) is 0 Å². The Labute approximate surface area is 94.8 Å². The molecule has 15 heavy (non-hydrogen) atoms. The normalized spacial score (nSPS) is 11.8. The lowest BCUT2D eigenvalue weighted by atomic mass is 10.5. The van der Waals surface area contributed by atoms with E-state index >= 15 is 0 Å². The molecule has 0 unspecified atom stereocenters. The fraction of sp³-hybridized carbons (Fsp3) is 0.556. The van der Waals surface area contributed by atoms with Crippen molar-refractivity contribution >= 4 is 21.4 Å². The minimum absolute atomic E-state index is 0.131. The number of nitrogens with one attached hydrogen (secondary N) is 2. The Balaban J connectivity index is 2.30. The van der Waals surface area contributed by atoms with Crippen molar-refractivity contribution in [1.82, 2.24) is 10.0 Å². The van der Waals surface area contributed by atoms with Crippen molar-refractivity contribution in [2.45, 2.75) is 13.5 Å². The van der Waals surface area contributed by atoms with E-state index in [4.69, 9.17) is 0 Å². The van der Waals surface area contributed by atoms with Crippen LogP contribution in [0.2, 0.25) is 0 Å². The molecule has 0 aliphatic heterocycles. The van der Waals surface area contributed by atoms with E-state index in [9.17, 15) is 8.42 Å². The second-order valence-corrected chi connectivity index (χ2v) is 6.03. The Morgan fingerprint density at radius 1 is 1.47 bits per heavy atom. The molecule has 0 aromatic carbocycles. The van der Waals surface area contributed by atoms with Gasteiger partial charge in [0.1, 0.15) is 0 Å². The summed E-state index contributed by atoms with van der Waals surface area (Å²) < 4.78 is 25.5. The minimum Gasteiger partial charge on any atom is -0.316 e. The molecule has 4 nitrogen and oxygen atoms in total. The van der Waals surface area contributed by atoms with Gasteiger partial charge in [-0.25, -0.2) is 13.1 Å². The molecule has 1 heterocycles. The van der Waals surface area contributed by atoms with Gasteiger partial charge in [-0.1, -0.05) is 13.0 Å². The van der Waals surface area contributed by atoms with Gasteiger partial charge in [0, 0.05) is 18.0 Å². The van der Waals surface area contributed by atoms with E-state index in [1.54, 1.807) is 11.3 Å². The van der Waals surface area contributed by atoms with Crippen molar-refractivity contribution in [1.29, 1.82) is 0 Å². The van der Waals surface area contributed by atoms with Crippen LogP contribution < -0.4 is 10.0 Å². The van der Waals surface area contributed by atoms with Gasteiger partial charge in [0.25, 0.3) is 0 Å². The summed E-state index contributed by atoms with van der Waals surface area (Å²) in [7, 11) is -3.14. The van der Waals surface area contributed by atoms with E-state index in [0.717, 1.165) is 11.4 Å². The first kappa shape index (κ1) is 12.6. The first-order valence-corrected chi connectivity index (χ1v) is 7.37. The molecular formula is C9H16N2O2S2. The summed E-state index contributed by atoms with van der Waals surface area (Å²) in [5.74, 6) is 0.131. The standard InChI is InChI=1S/C9H16N2O2S2/c1-2-10-5-7-15(12,13)11-8-9-4-3-6-14-9/h3-4,6,10-11H,2,5,7-8H2,1H3. The highest BCUT2D eigenvalue weighted by Crippen LogP contribution is 2.07. The van der Waals surface area contributed by atoms with Gasteiger partial charge in [0.15, 0.2) is 0 Å².